The van der Waals surface area contributed by atoms with Gasteiger partial charge in [0.05, 0.1) is 10.0 Å². The number of hydrogen-bond acceptors (Lipinski definition) is 3. The van der Waals surface area contributed by atoms with Gasteiger partial charge in [0, 0.05) is 11.3 Å². The molecule has 0 aliphatic heterocycles. The van der Waals surface area contributed by atoms with E-state index >= 15 is 0 Å². The number of rotatable bonds is 4. The summed E-state index contributed by atoms with van der Waals surface area (Å²) in [4.78, 5) is 11.1. The average molecular weight is 344 g/mol. The normalized spacial score (nSPS) is 11.2. The molecule has 2 rings (SSSR count). The van der Waals surface area contributed by atoms with Crippen molar-refractivity contribution in [3.8, 4) is 0 Å². The van der Waals surface area contributed by atoms with Gasteiger partial charge in [0.25, 0.3) is 10.0 Å². The van der Waals surface area contributed by atoms with Gasteiger partial charge in [0.1, 0.15) is 4.90 Å². The Bertz CT molecular complexity index is 783. The molecule has 0 amide bonds. The van der Waals surface area contributed by atoms with E-state index in [0.717, 1.165) is 0 Å². The Hall–Kier alpha value is -1.56. The fourth-order valence-corrected chi connectivity index (χ4v) is 3.94. The molecule has 0 spiro atoms. The largest absolute Gasteiger partial charge is 0.295 e. The molecule has 4 nitrogen and oxygen atoms in total. The van der Waals surface area contributed by atoms with Crippen LogP contribution in [0, 0.1) is 0 Å². The van der Waals surface area contributed by atoms with Crippen LogP contribution in [0.2, 0.25) is 10.0 Å². The van der Waals surface area contributed by atoms with Crippen molar-refractivity contribution in [2.75, 3.05) is 4.72 Å². The van der Waals surface area contributed by atoms with E-state index in [1.54, 1.807) is 18.2 Å². The summed E-state index contributed by atoms with van der Waals surface area (Å²) in [6.07, 6.45) is 0. The minimum absolute atomic E-state index is 0.0257. The maximum Gasteiger partial charge on any atom is 0.264 e. The van der Waals surface area contributed by atoms with Gasteiger partial charge >= 0.3 is 0 Å². The van der Waals surface area contributed by atoms with Crippen LogP contribution in [0.3, 0.4) is 0 Å². The molecular weight excluding hydrogens is 333 g/mol. The van der Waals surface area contributed by atoms with Crippen LogP contribution in [0.15, 0.2) is 47.4 Å². The van der Waals surface area contributed by atoms with Gasteiger partial charge < -0.3 is 0 Å². The van der Waals surface area contributed by atoms with Crippen LogP contribution in [0.4, 0.5) is 5.69 Å². The van der Waals surface area contributed by atoms with Crippen molar-refractivity contribution < 1.29 is 13.2 Å². The van der Waals surface area contributed by atoms with Crippen LogP contribution in [-0.2, 0) is 10.0 Å². The first-order chi connectivity index (χ1) is 9.81. The van der Waals surface area contributed by atoms with Crippen molar-refractivity contribution in [2.45, 2.75) is 11.8 Å². The molecule has 0 fully saturated rings. The molecule has 7 heteroatoms. The summed E-state index contributed by atoms with van der Waals surface area (Å²) in [6.45, 7) is 1.40. The number of ketones is 1. The van der Waals surface area contributed by atoms with Crippen molar-refractivity contribution >= 4 is 44.7 Å². The van der Waals surface area contributed by atoms with Gasteiger partial charge in [-0.1, -0.05) is 41.4 Å². The number of carbonyl (C=O) groups is 1. The first-order valence-electron chi connectivity index (χ1n) is 5.89. The highest BCUT2D eigenvalue weighted by Gasteiger charge is 2.21. The second-order valence-corrected chi connectivity index (χ2v) is 6.73. The number of Topliss-reactive ketones (excluding diaryl/α,β-unsaturated/α-hetero) is 1. The molecule has 0 saturated carbocycles. The lowest BCUT2D eigenvalue weighted by Gasteiger charge is -2.11. The molecule has 0 unspecified atom stereocenters. The maximum atomic E-state index is 12.4. The van der Waals surface area contributed by atoms with Gasteiger partial charge in [-0.15, -0.1) is 0 Å². The minimum atomic E-state index is -3.94. The zero-order chi connectivity index (χ0) is 15.6. The maximum absolute atomic E-state index is 12.4. The predicted octanol–water partition coefficient (Wildman–Crippen LogP) is 4.00. The van der Waals surface area contributed by atoms with Gasteiger partial charge in [0.15, 0.2) is 5.78 Å². The topological polar surface area (TPSA) is 63.2 Å². The summed E-state index contributed by atoms with van der Waals surface area (Å²) >= 11 is 11.8. The highest BCUT2D eigenvalue weighted by Crippen LogP contribution is 2.30. The molecule has 0 saturated heterocycles. The number of carbonyl (C=O) groups excluding carboxylic acids is 1. The summed E-state index contributed by atoms with van der Waals surface area (Å²) in [7, 11) is -3.94. The highest BCUT2D eigenvalue weighted by atomic mass is 35.5. The number of benzene rings is 2. The van der Waals surface area contributed by atoms with Crippen LogP contribution in [0.1, 0.15) is 17.3 Å². The van der Waals surface area contributed by atoms with Crippen LogP contribution < -0.4 is 4.72 Å². The van der Waals surface area contributed by atoms with E-state index in [9.17, 15) is 13.2 Å². The zero-order valence-corrected chi connectivity index (χ0v) is 13.3. The van der Waals surface area contributed by atoms with Crippen LogP contribution >= 0.6 is 23.2 Å². The first kappa shape index (κ1) is 15.8. The van der Waals surface area contributed by atoms with Crippen molar-refractivity contribution in [2.24, 2.45) is 0 Å². The second kappa shape index (κ2) is 6.05. The number of hydrogen-bond donors (Lipinski definition) is 1. The van der Waals surface area contributed by atoms with Gasteiger partial charge in [-0.3, -0.25) is 9.52 Å². The van der Waals surface area contributed by atoms with Crippen molar-refractivity contribution in [1.82, 2.24) is 0 Å². The third-order valence-electron chi connectivity index (χ3n) is 2.71. The monoisotopic (exact) mass is 343 g/mol. The lowest BCUT2D eigenvalue weighted by atomic mass is 10.1. The van der Waals surface area contributed by atoms with E-state index in [0.29, 0.717) is 5.56 Å². The molecule has 21 heavy (non-hydrogen) atoms. The average Bonchev–Trinajstić information content (AvgIpc) is 2.37. The lowest BCUT2D eigenvalue weighted by molar-refractivity contribution is 0.101. The third kappa shape index (κ3) is 3.56. The van der Waals surface area contributed by atoms with Gasteiger partial charge in [-0.25, -0.2) is 8.42 Å². The van der Waals surface area contributed by atoms with Crippen LogP contribution in [0.25, 0.3) is 0 Å². The molecule has 0 radical (unpaired) electrons. The summed E-state index contributed by atoms with van der Waals surface area (Å²) in [5, 5.41) is 0.0513. The summed E-state index contributed by atoms with van der Waals surface area (Å²) in [5.41, 5.74) is 0.666. The number of anilines is 1. The Balaban J connectivity index is 2.43. The second-order valence-electron chi connectivity index (χ2n) is 4.29. The molecule has 0 atom stereocenters. The van der Waals surface area contributed by atoms with Crippen molar-refractivity contribution in [1.29, 1.82) is 0 Å². The third-order valence-corrected chi connectivity index (χ3v) is 5.04. The number of nitrogens with one attached hydrogen (secondary N) is 1. The lowest BCUT2D eigenvalue weighted by Crippen LogP contribution is -2.14. The smallest absolute Gasteiger partial charge is 0.264 e. The highest BCUT2D eigenvalue weighted by molar-refractivity contribution is 7.93. The van der Waals surface area contributed by atoms with Gasteiger partial charge in [-0.2, -0.15) is 0 Å². The Labute approximate surface area is 132 Å². The Morgan fingerprint density at radius 2 is 1.62 bits per heavy atom. The van der Waals surface area contributed by atoms with E-state index < -0.39 is 10.0 Å². The Kier molecular flexibility index (Phi) is 4.56. The number of sulfonamides is 1. The molecule has 2 aromatic carbocycles. The molecule has 0 aromatic heterocycles. The van der Waals surface area contributed by atoms with Crippen LogP contribution in [-0.4, -0.2) is 14.2 Å². The quantitative estimate of drug-likeness (QED) is 0.853. The van der Waals surface area contributed by atoms with E-state index in [-0.39, 0.29) is 26.4 Å². The van der Waals surface area contributed by atoms with E-state index in [2.05, 4.69) is 4.72 Å². The Morgan fingerprint density at radius 1 is 1.05 bits per heavy atom. The fraction of sp³-hybridized carbons (Fsp3) is 0.0714. The van der Waals surface area contributed by atoms with Crippen LogP contribution in [0.5, 0.6) is 0 Å². The van der Waals surface area contributed by atoms with Gasteiger partial charge in [0.2, 0.25) is 0 Å². The van der Waals surface area contributed by atoms with E-state index in [4.69, 9.17) is 23.2 Å². The van der Waals surface area contributed by atoms with E-state index in [1.807, 2.05) is 0 Å². The zero-order valence-electron chi connectivity index (χ0n) is 10.9. The SMILES string of the molecule is CC(=O)c1cccc(NS(=O)(=O)c2c(Cl)cccc2Cl)c1. The molecule has 110 valence electrons. The fourth-order valence-electron chi connectivity index (χ4n) is 1.75. The van der Waals surface area contributed by atoms with Crippen molar-refractivity contribution in [3.05, 3.63) is 58.1 Å². The molecule has 0 aliphatic carbocycles. The summed E-state index contributed by atoms with van der Waals surface area (Å²) in [6, 6.07) is 10.6. The summed E-state index contributed by atoms with van der Waals surface area (Å²) < 4.78 is 27.1. The molecule has 0 heterocycles. The minimum Gasteiger partial charge on any atom is -0.295 e. The molecular formula is C14H11Cl2NO3S. The van der Waals surface area contributed by atoms with E-state index in [1.165, 1.54) is 31.2 Å². The first-order valence-corrected chi connectivity index (χ1v) is 8.13. The Morgan fingerprint density at radius 3 is 2.19 bits per heavy atom. The standard InChI is InChI=1S/C14H11Cl2NO3S/c1-9(18)10-4-2-5-11(8-10)17-21(19,20)14-12(15)6-3-7-13(14)16/h2-8,17H,1H3. The molecule has 0 bridgehead atoms. The predicted molar refractivity (Wildman–Crippen MR) is 83.7 cm³/mol. The van der Waals surface area contributed by atoms with Crippen molar-refractivity contribution in [3.63, 3.8) is 0 Å². The molecule has 0 aliphatic rings. The summed E-state index contributed by atoms with van der Waals surface area (Å²) in [5.74, 6) is -0.160. The van der Waals surface area contributed by atoms with Gasteiger partial charge in [-0.05, 0) is 31.2 Å². The number of halogens is 2. The molecule has 2 aromatic rings. The molecule has 1 N–H and O–H groups in total.